The first kappa shape index (κ1) is 19.6. The maximum absolute atomic E-state index is 13.4. The number of carbonyl (C=O) groups excluding carboxylic acids is 1. The number of halogens is 2. The highest BCUT2D eigenvalue weighted by atomic mass is 19.2. The predicted octanol–water partition coefficient (Wildman–Crippen LogP) is 3.99. The molecule has 2 aromatic carbocycles. The molecule has 0 saturated carbocycles. The normalized spacial score (nSPS) is 10.3. The average molecular weight is 402 g/mol. The molecule has 29 heavy (non-hydrogen) atoms. The molecule has 0 atom stereocenters. The number of nitrogens with zero attached hydrogens (tertiary/aromatic N) is 3. The number of esters is 1. The lowest BCUT2D eigenvalue weighted by atomic mass is 10.2. The van der Waals surface area contributed by atoms with E-state index in [0.717, 1.165) is 18.5 Å². The highest BCUT2D eigenvalue weighted by Gasteiger charge is 2.25. The fourth-order valence-electron chi connectivity index (χ4n) is 2.29. The van der Waals surface area contributed by atoms with Gasteiger partial charge in [0, 0.05) is 11.8 Å². The van der Waals surface area contributed by atoms with E-state index < -0.39 is 28.2 Å². The molecule has 9 nitrogen and oxygen atoms in total. The lowest BCUT2D eigenvalue weighted by molar-refractivity contribution is -0.385. The predicted molar refractivity (Wildman–Crippen MR) is 96.2 cm³/mol. The second kappa shape index (κ2) is 8.25. The van der Waals surface area contributed by atoms with Crippen molar-refractivity contribution in [2.45, 2.75) is 0 Å². The Bertz CT molecular complexity index is 1080. The van der Waals surface area contributed by atoms with Crippen LogP contribution in [0.2, 0.25) is 0 Å². The molecule has 0 bridgehead atoms. The van der Waals surface area contributed by atoms with Crippen molar-refractivity contribution in [1.82, 2.24) is 9.97 Å². The van der Waals surface area contributed by atoms with Crippen molar-refractivity contribution in [2.24, 2.45) is 0 Å². The van der Waals surface area contributed by atoms with Crippen LogP contribution >= 0.6 is 0 Å². The van der Waals surface area contributed by atoms with Crippen molar-refractivity contribution in [2.75, 3.05) is 12.4 Å². The minimum absolute atomic E-state index is 0.0408. The number of nitrogens with one attached hydrogen (secondary N) is 1. The summed E-state index contributed by atoms with van der Waals surface area (Å²) < 4.78 is 36.5. The largest absolute Gasteiger partial charge is 0.465 e. The Labute approximate surface area is 162 Å². The summed E-state index contributed by atoms with van der Waals surface area (Å²) >= 11 is 0. The molecule has 0 fully saturated rings. The minimum atomic E-state index is -1.13. The number of aromatic nitrogens is 2. The molecule has 0 aliphatic carbocycles. The van der Waals surface area contributed by atoms with Gasteiger partial charge in [-0.1, -0.05) is 0 Å². The quantitative estimate of drug-likeness (QED) is 0.374. The Morgan fingerprint density at radius 3 is 2.45 bits per heavy atom. The number of carbonyl (C=O) groups is 1. The first-order chi connectivity index (χ1) is 13.9. The lowest BCUT2D eigenvalue weighted by Crippen LogP contribution is -2.04. The maximum atomic E-state index is 13.4. The molecule has 0 saturated heterocycles. The molecule has 0 aliphatic heterocycles. The second-order valence-corrected chi connectivity index (χ2v) is 5.51. The van der Waals surface area contributed by atoms with Crippen molar-refractivity contribution in [1.29, 1.82) is 0 Å². The van der Waals surface area contributed by atoms with Gasteiger partial charge >= 0.3 is 17.5 Å². The van der Waals surface area contributed by atoms with E-state index in [0.29, 0.717) is 0 Å². The molecule has 0 aliphatic rings. The fraction of sp³-hybridized carbons (Fsp3) is 0.0556. The van der Waals surface area contributed by atoms with Crippen molar-refractivity contribution in [3.63, 3.8) is 0 Å². The van der Waals surface area contributed by atoms with Crippen molar-refractivity contribution < 1.29 is 28.0 Å². The zero-order valence-electron chi connectivity index (χ0n) is 14.8. The molecule has 0 amide bonds. The van der Waals surface area contributed by atoms with Gasteiger partial charge < -0.3 is 14.8 Å². The van der Waals surface area contributed by atoms with E-state index in [4.69, 9.17) is 4.74 Å². The van der Waals surface area contributed by atoms with Gasteiger partial charge in [0.1, 0.15) is 12.1 Å². The summed E-state index contributed by atoms with van der Waals surface area (Å²) in [6, 6.07) is 8.51. The molecular formula is C18H12F2N4O5. The summed E-state index contributed by atoms with van der Waals surface area (Å²) in [4.78, 5) is 29.8. The Kier molecular flexibility index (Phi) is 5.58. The molecular weight excluding hydrogens is 390 g/mol. The van der Waals surface area contributed by atoms with Gasteiger partial charge in [-0.2, -0.15) is 4.98 Å². The number of anilines is 2. The monoisotopic (exact) mass is 402 g/mol. The van der Waals surface area contributed by atoms with Crippen LogP contribution < -0.4 is 10.1 Å². The summed E-state index contributed by atoms with van der Waals surface area (Å²) in [5.74, 6) is -3.25. The molecule has 11 heteroatoms. The fourth-order valence-corrected chi connectivity index (χ4v) is 2.29. The summed E-state index contributed by atoms with van der Waals surface area (Å²) in [7, 11) is 1.23. The third-order valence-corrected chi connectivity index (χ3v) is 3.64. The SMILES string of the molecule is COC(=O)c1ccc(Oc2ncnc(Nc3ccc(F)c(F)c3)c2[N+](=O)[O-])cc1. The van der Waals surface area contributed by atoms with E-state index >= 15 is 0 Å². The average Bonchev–Trinajstić information content (AvgIpc) is 2.70. The van der Waals surface area contributed by atoms with Gasteiger partial charge in [0.05, 0.1) is 17.6 Å². The van der Waals surface area contributed by atoms with Crippen LogP contribution in [-0.2, 0) is 4.74 Å². The molecule has 0 radical (unpaired) electrons. The number of nitro groups is 1. The van der Waals surface area contributed by atoms with E-state index in [1.165, 1.54) is 37.4 Å². The molecule has 1 heterocycles. The summed E-state index contributed by atoms with van der Waals surface area (Å²) in [6.45, 7) is 0. The molecule has 1 aromatic heterocycles. The molecule has 3 rings (SSSR count). The topological polar surface area (TPSA) is 116 Å². The minimum Gasteiger partial charge on any atom is -0.465 e. The first-order valence-corrected chi connectivity index (χ1v) is 7.96. The standard InChI is InChI=1S/C18H12F2N4O5/c1-28-18(25)10-2-5-12(6-3-10)29-17-15(24(26)27)16(21-9-22-17)23-11-4-7-13(19)14(20)8-11/h2-9H,1H3,(H,21,22,23). The number of hydrogen-bond donors (Lipinski definition) is 1. The number of benzene rings is 2. The number of methoxy groups -OCH3 is 1. The Hall–Kier alpha value is -4.15. The van der Waals surface area contributed by atoms with Crippen LogP contribution in [0.5, 0.6) is 11.6 Å². The Morgan fingerprint density at radius 1 is 1.10 bits per heavy atom. The highest BCUT2D eigenvalue weighted by Crippen LogP contribution is 2.35. The van der Waals surface area contributed by atoms with Gasteiger partial charge in [0.15, 0.2) is 11.6 Å². The zero-order chi connectivity index (χ0) is 21.0. The van der Waals surface area contributed by atoms with E-state index in [-0.39, 0.29) is 28.7 Å². The highest BCUT2D eigenvalue weighted by molar-refractivity contribution is 5.89. The van der Waals surface area contributed by atoms with Gasteiger partial charge in [-0.05, 0) is 36.4 Å². The number of hydrogen-bond acceptors (Lipinski definition) is 8. The zero-order valence-corrected chi connectivity index (χ0v) is 14.8. The van der Waals surface area contributed by atoms with E-state index in [1.54, 1.807) is 0 Å². The van der Waals surface area contributed by atoms with Crippen LogP contribution in [0.1, 0.15) is 10.4 Å². The molecule has 0 unspecified atom stereocenters. The Balaban J connectivity index is 1.91. The van der Waals surface area contributed by atoms with Crippen LogP contribution in [0.15, 0.2) is 48.8 Å². The van der Waals surface area contributed by atoms with E-state index in [1.807, 2.05) is 0 Å². The van der Waals surface area contributed by atoms with Crippen LogP contribution in [0.25, 0.3) is 0 Å². The van der Waals surface area contributed by atoms with Gasteiger partial charge in [-0.3, -0.25) is 10.1 Å². The molecule has 0 spiro atoms. The van der Waals surface area contributed by atoms with Gasteiger partial charge in [0.2, 0.25) is 5.82 Å². The smallest absolute Gasteiger partial charge is 0.373 e. The Morgan fingerprint density at radius 2 is 1.83 bits per heavy atom. The van der Waals surface area contributed by atoms with Crippen LogP contribution in [0.4, 0.5) is 26.0 Å². The third kappa shape index (κ3) is 4.40. The number of rotatable bonds is 6. The van der Waals surface area contributed by atoms with Gasteiger partial charge in [-0.25, -0.2) is 18.6 Å². The van der Waals surface area contributed by atoms with E-state index in [9.17, 15) is 23.7 Å². The first-order valence-electron chi connectivity index (χ1n) is 7.96. The van der Waals surface area contributed by atoms with Crippen molar-refractivity contribution >= 4 is 23.2 Å². The van der Waals surface area contributed by atoms with Crippen molar-refractivity contribution in [3.8, 4) is 11.6 Å². The van der Waals surface area contributed by atoms with Crippen LogP contribution in [0, 0.1) is 21.7 Å². The van der Waals surface area contributed by atoms with Crippen molar-refractivity contribution in [3.05, 3.63) is 76.1 Å². The van der Waals surface area contributed by atoms with E-state index in [2.05, 4.69) is 20.0 Å². The maximum Gasteiger partial charge on any atom is 0.373 e. The van der Waals surface area contributed by atoms with Crippen LogP contribution in [-0.4, -0.2) is 28.0 Å². The summed E-state index contributed by atoms with van der Waals surface area (Å²) in [6.07, 6.45) is 1.01. The summed E-state index contributed by atoms with van der Waals surface area (Å²) in [5, 5.41) is 14.1. The third-order valence-electron chi connectivity index (χ3n) is 3.64. The van der Waals surface area contributed by atoms with Crippen LogP contribution in [0.3, 0.4) is 0 Å². The molecule has 3 aromatic rings. The number of ether oxygens (including phenoxy) is 2. The molecule has 1 N–H and O–H groups in total. The summed E-state index contributed by atoms with van der Waals surface area (Å²) in [5.41, 5.74) is -0.314. The lowest BCUT2D eigenvalue weighted by Gasteiger charge is -2.10. The van der Waals surface area contributed by atoms with Gasteiger partial charge in [0.25, 0.3) is 0 Å². The molecule has 148 valence electrons. The second-order valence-electron chi connectivity index (χ2n) is 5.51. The van der Waals surface area contributed by atoms with Gasteiger partial charge in [-0.15, -0.1) is 0 Å².